The fraction of sp³-hybridized carbons (Fsp3) is 0.323. The van der Waals surface area contributed by atoms with Gasteiger partial charge in [-0.15, -0.1) is 0 Å². The Morgan fingerprint density at radius 1 is 1.11 bits per heavy atom. The van der Waals surface area contributed by atoms with Crippen molar-refractivity contribution in [3.05, 3.63) is 72.1 Å². The number of benzene rings is 2. The first-order valence-electron chi connectivity index (χ1n) is 16.1. The second kappa shape index (κ2) is 11.7. The third-order valence-electron chi connectivity index (χ3n) is 7.19. The molecular weight excluding hydrogens is 608 g/mol. The third kappa shape index (κ3) is 6.70. The average Bonchev–Trinajstić information content (AvgIpc) is 3.97. The Kier molecular flexibility index (Phi) is 7.07. The number of amides is 1. The number of carbonyl (C=O) groups is 1. The Hall–Kier alpha value is -4.49. The second-order valence-electron chi connectivity index (χ2n) is 12.3. The van der Waals surface area contributed by atoms with Crippen LogP contribution in [0.5, 0.6) is 0 Å². The van der Waals surface area contributed by atoms with Gasteiger partial charge in [0.05, 0.1) is 22.0 Å². The Bertz CT molecular complexity index is 2020. The van der Waals surface area contributed by atoms with Crippen molar-refractivity contribution < 1.29 is 35.9 Å². The Morgan fingerprint density at radius 2 is 1.76 bits per heavy atom. The monoisotopic (exact) mass is 644 g/mol. The van der Waals surface area contributed by atoms with Gasteiger partial charge in [0, 0.05) is 34.8 Å². The first kappa shape index (κ1) is 27.8. The third-order valence-corrected chi connectivity index (χ3v) is 9.36. The minimum absolute atomic E-state index is 0.194. The van der Waals surface area contributed by atoms with E-state index in [4.69, 9.17) is 27.7 Å². The lowest BCUT2D eigenvalue weighted by atomic mass is 9.91. The molecule has 6 rings (SSSR count). The molecule has 2 saturated heterocycles. The van der Waals surface area contributed by atoms with Crippen LogP contribution in [0.1, 0.15) is 50.0 Å². The maximum absolute atomic E-state index is 12.7. The Labute approximate surface area is 272 Å². The van der Waals surface area contributed by atoms with Gasteiger partial charge in [-0.2, -0.15) is 0 Å². The summed E-state index contributed by atoms with van der Waals surface area (Å²) in [7, 11) is -2.78. The number of hydrogen-bond acceptors (Lipinski definition) is 11. The molecule has 12 nitrogen and oxygen atoms in total. The van der Waals surface area contributed by atoms with Crippen LogP contribution in [0.25, 0.3) is 34.0 Å². The van der Waals surface area contributed by atoms with E-state index in [2.05, 4.69) is 15.1 Å². The Morgan fingerprint density at radius 3 is 2.35 bits per heavy atom. The molecule has 2 fully saturated rings. The summed E-state index contributed by atoms with van der Waals surface area (Å²) in [6.45, 7) is 5.36. The molecule has 15 heteroatoms. The van der Waals surface area contributed by atoms with Crippen LogP contribution in [0.4, 0.5) is 4.79 Å². The van der Waals surface area contributed by atoms with Crippen molar-refractivity contribution in [2.24, 2.45) is 4.99 Å². The number of aromatic nitrogens is 3. The summed E-state index contributed by atoms with van der Waals surface area (Å²) in [6.07, 6.45) is 0.627. The minimum atomic E-state index is -3.45. The molecule has 0 aliphatic carbocycles. The summed E-state index contributed by atoms with van der Waals surface area (Å²) in [4.78, 5) is 27.7. The smallest absolute Gasteiger partial charge is 0.434 e. The maximum atomic E-state index is 12.7. The van der Waals surface area contributed by atoms with Gasteiger partial charge < -0.3 is 23.5 Å². The van der Waals surface area contributed by atoms with E-state index in [0.717, 1.165) is 0 Å². The summed E-state index contributed by atoms with van der Waals surface area (Å²) in [5.74, 6) is 0.825. The van der Waals surface area contributed by atoms with Gasteiger partial charge in [0.15, 0.2) is 27.0 Å². The van der Waals surface area contributed by atoms with Gasteiger partial charge in [-0.05, 0) is 52.3 Å². The lowest BCUT2D eigenvalue weighted by Crippen LogP contribution is -2.33. The van der Waals surface area contributed by atoms with E-state index in [1.54, 1.807) is 95.4 Å². The Balaban J connectivity index is 1.30. The maximum Gasteiger partial charge on any atom is 0.434 e. The van der Waals surface area contributed by atoms with Crippen molar-refractivity contribution in [3.63, 3.8) is 0 Å². The number of rotatable bonds is 9. The van der Waals surface area contributed by atoms with Gasteiger partial charge in [0.2, 0.25) is 0 Å². The molecule has 0 N–H and O–H groups in total. The first-order chi connectivity index (χ1) is 22.9. The molecular formula is C31H33B2N5O7S. The van der Waals surface area contributed by atoms with Crippen LogP contribution >= 0.6 is 0 Å². The van der Waals surface area contributed by atoms with Gasteiger partial charge in [-0.1, -0.05) is 41.6 Å². The number of aliphatic imine (C=N–C) groups is 1. The minimum Gasteiger partial charge on any atom is -0.549 e. The standard InChI is InChI=1S/C31H33B2N5O7S/c1-18(2)46(40,41)22-13-11-21(12-14-22)24-16-34-27(31(33-45-31)36-28-32-43-28)26(35-24)25-15-23(37-44-25)20-9-7-19(8-10-20)17-38(6)29(39)42-30(3,4)5/h7-16,18,32-33H,17H2,1-6H3/b36-28+/i6D3. The number of sulfone groups is 1. The van der Waals surface area contributed by atoms with Gasteiger partial charge in [-0.25, -0.2) is 23.2 Å². The van der Waals surface area contributed by atoms with Gasteiger partial charge in [-0.3, -0.25) is 4.98 Å². The molecule has 1 amide bonds. The van der Waals surface area contributed by atoms with Crippen LogP contribution in [-0.2, 0) is 36.1 Å². The molecule has 4 aromatic rings. The zero-order valence-corrected chi connectivity index (χ0v) is 26.8. The number of nitrogens with zero attached hydrogens (tertiary/aromatic N) is 5. The van der Waals surface area contributed by atoms with Gasteiger partial charge >= 0.3 is 21.1 Å². The van der Waals surface area contributed by atoms with E-state index < -0.39 is 39.4 Å². The summed E-state index contributed by atoms with van der Waals surface area (Å²) < 4.78 is 70.9. The molecule has 2 aromatic carbocycles. The SMILES string of the molecule is [2H]C([2H])([2H])N(Cc1ccc(-c2cc(-c3nc(-c4ccc(S(=O)(=O)C(C)C)cc4)cnc3C3(/N=C4\BO4)BO3)on2)cc1)C(=O)OC(C)(C)C. The summed E-state index contributed by atoms with van der Waals surface area (Å²) >= 11 is 0. The molecule has 236 valence electrons. The molecule has 4 heterocycles. The zero-order chi connectivity index (χ0) is 35.4. The predicted molar refractivity (Wildman–Crippen MR) is 174 cm³/mol. The van der Waals surface area contributed by atoms with Gasteiger partial charge in [0.25, 0.3) is 0 Å². The highest BCUT2D eigenvalue weighted by atomic mass is 32.2. The average molecular weight is 644 g/mol. The van der Waals surface area contributed by atoms with E-state index >= 15 is 0 Å². The molecule has 2 aliphatic rings. The van der Waals surface area contributed by atoms with Crippen LogP contribution in [0.15, 0.2) is 75.2 Å². The largest absolute Gasteiger partial charge is 0.549 e. The van der Waals surface area contributed by atoms with E-state index in [1.165, 1.54) is 0 Å². The predicted octanol–water partition coefficient (Wildman–Crippen LogP) is 4.24. The van der Waals surface area contributed by atoms with E-state index in [9.17, 15) is 13.2 Å². The van der Waals surface area contributed by atoms with Crippen LogP contribution in [0, 0.1) is 0 Å². The molecule has 0 bridgehead atoms. The van der Waals surface area contributed by atoms with E-state index in [-0.39, 0.29) is 24.7 Å². The number of ether oxygens (including phenoxy) is 1. The van der Waals surface area contributed by atoms with Crippen molar-refractivity contribution in [2.45, 2.75) is 62.5 Å². The van der Waals surface area contributed by atoms with Crippen molar-refractivity contribution >= 4 is 36.7 Å². The molecule has 46 heavy (non-hydrogen) atoms. The summed E-state index contributed by atoms with van der Waals surface area (Å²) in [6, 6.07) is 15.0. The molecule has 2 aliphatic heterocycles. The quantitative estimate of drug-likeness (QED) is 0.191. The van der Waals surface area contributed by atoms with Crippen LogP contribution < -0.4 is 0 Å². The molecule has 2 aromatic heterocycles. The highest BCUT2D eigenvalue weighted by Crippen LogP contribution is 2.43. The summed E-state index contributed by atoms with van der Waals surface area (Å²) in [5, 5.41) is 3.69. The highest BCUT2D eigenvalue weighted by molar-refractivity contribution is 7.92. The van der Waals surface area contributed by atoms with Crippen molar-refractivity contribution in [2.75, 3.05) is 6.98 Å². The number of hydrogen-bond donors (Lipinski definition) is 0. The number of carbonyl (C=O) groups excluding carboxylic acids is 1. The van der Waals surface area contributed by atoms with Crippen LogP contribution in [-0.4, -0.2) is 73.1 Å². The topological polar surface area (TPSA) is 153 Å². The highest BCUT2D eigenvalue weighted by Gasteiger charge is 2.54. The second-order valence-corrected chi connectivity index (χ2v) is 14.8. The van der Waals surface area contributed by atoms with E-state index in [0.29, 0.717) is 57.6 Å². The van der Waals surface area contributed by atoms with Crippen molar-refractivity contribution in [1.82, 2.24) is 20.0 Å². The van der Waals surface area contributed by atoms with Crippen molar-refractivity contribution in [3.8, 4) is 34.0 Å². The lowest BCUT2D eigenvalue weighted by Gasteiger charge is -2.24. The summed E-state index contributed by atoms with van der Waals surface area (Å²) in [5.41, 5.74) is 1.59. The van der Waals surface area contributed by atoms with E-state index in [1.807, 2.05) is 0 Å². The van der Waals surface area contributed by atoms with Gasteiger partial charge in [0.1, 0.15) is 22.7 Å². The van der Waals surface area contributed by atoms with Crippen molar-refractivity contribution in [1.29, 1.82) is 0 Å². The molecule has 0 spiro atoms. The normalized spacial score (nSPS) is 19.3. The van der Waals surface area contributed by atoms with Crippen LogP contribution in [0.3, 0.4) is 0 Å². The molecule has 1 atom stereocenters. The lowest BCUT2D eigenvalue weighted by molar-refractivity contribution is 0.0285. The molecule has 0 saturated carbocycles. The molecule has 0 radical (unpaired) electrons. The van der Waals surface area contributed by atoms with Crippen LogP contribution in [0.2, 0.25) is 0 Å². The fourth-order valence-corrected chi connectivity index (χ4v) is 5.62. The zero-order valence-electron chi connectivity index (χ0n) is 29.0. The molecule has 1 unspecified atom stereocenters. The first-order valence-corrected chi connectivity index (χ1v) is 16.1. The fourth-order valence-electron chi connectivity index (χ4n) is 4.56.